The molecule has 0 aromatic heterocycles. The van der Waals surface area contributed by atoms with Gasteiger partial charge in [0.15, 0.2) is 0 Å². The van der Waals surface area contributed by atoms with Gasteiger partial charge in [-0.3, -0.25) is 4.99 Å². The summed E-state index contributed by atoms with van der Waals surface area (Å²) in [5, 5.41) is 2.39. The van der Waals surface area contributed by atoms with Crippen LogP contribution in [0.15, 0.2) is 40.2 Å². The largest absolute Gasteiger partial charge is 0.256 e. The zero-order chi connectivity index (χ0) is 12.2. The minimum atomic E-state index is 0.0517. The maximum atomic E-state index is 4.76. The van der Waals surface area contributed by atoms with Crippen LogP contribution in [0.25, 0.3) is 10.8 Å². The monoisotopic (exact) mass is 241 g/mol. The van der Waals surface area contributed by atoms with E-state index in [1.807, 2.05) is 12.1 Å². The number of hydrogen-bond acceptors (Lipinski definition) is 2. The molecule has 3 rings (SSSR count). The van der Waals surface area contributed by atoms with Crippen molar-refractivity contribution in [3.05, 3.63) is 35.9 Å². The predicted molar refractivity (Wildman–Crippen MR) is 77.0 cm³/mol. The summed E-state index contributed by atoms with van der Waals surface area (Å²) in [5.41, 5.74) is 3.68. The minimum Gasteiger partial charge on any atom is -0.256 e. The molecule has 0 amide bonds. The Morgan fingerprint density at radius 3 is 2.59 bits per heavy atom. The van der Waals surface area contributed by atoms with Crippen LogP contribution in [0.5, 0.6) is 0 Å². The topological polar surface area (TPSA) is 12.4 Å². The molecule has 0 spiro atoms. The summed E-state index contributed by atoms with van der Waals surface area (Å²) in [5.74, 6) is 0. The zero-order valence-electron chi connectivity index (χ0n) is 10.3. The van der Waals surface area contributed by atoms with E-state index in [0.29, 0.717) is 0 Å². The number of aliphatic imine (C=N–C) groups is 1. The molecule has 0 saturated heterocycles. The van der Waals surface area contributed by atoms with E-state index in [1.54, 1.807) is 0 Å². The molecular weight excluding hydrogens is 226 g/mol. The Bertz CT molecular complexity index is 653. The van der Waals surface area contributed by atoms with Crippen molar-refractivity contribution in [1.29, 1.82) is 0 Å². The van der Waals surface area contributed by atoms with E-state index in [-0.39, 0.29) is 5.41 Å². The Hall–Kier alpha value is -1.28. The fourth-order valence-corrected chi connectivity index (χ4v) is 2.73. The lowest BCUT2D eigenvalue weighted by molar-refractivity contribution is 0.734. The van der Waals surface area contributed by atoms with Crippen molar-refractivity contribution in [1.82, 2.24) is 0 Å². The van der Waals surface area contributed by atoms with E-state index in [9.17, 15) is 0 Å². The summed E-state index contributed by atoms with van der Waals surface area (Å²) >= 11 is 4.51. The molecule has 1 nitrogen and oxygen atoms in total. The molecule has 0 saturated carbocycles. The maximum Gasteiger partial charge on any atom is 0.0749 e. The molecule has 2 heteroatoms. The van der Waals surface area contributed by atoms with Crippen molar-refractivity contribution < 1.29 is 0 Å². The summed E-state index contributed by atoms with van der Waals surface area (Å²) in [6.45, 7) is 6.57. The molecule has 2 aromatic carbocycles. The fourth-order valence-electron chi connectivity index (χ4n) is 2.45. The molecule has 0 aliphatic carbocycles. The van der Waals surface area contributed by atoms with Crippen LogP contribution in [0.4, 0.5) is 5.69 Å². The van der Waals surface area contributed by atoms with Crippen LogP contribution in [0.2, 0.25) is 0 Å². The minimum absolute atomic E-state index is 0.0517. The number of rotatable bonds is 0. The first-order valence-electron chi connectivity index (χ1n) is 5.83. The molecule has 17 heavy (non-hydrogen) atoms. The second-order valence-electron chi connectivity index (χ2n) is 5.16. The molecule has 1 aliphatic rings. The highest BCUT2D eigenvalue weighted by molar-refractivity contribution is 7.80. The number of thiol groups is 1. The molecule has 86 valence electrons. The molecule has 2 aromatic rings. The van der Waals surface area contributed by atoms with Gasteiger partial charge >= 0.3 is 0 Å². The number of fused-ring (bicyclic) bond motifs is 3. The molecule has 0 atom stereocenters. The van der Waals surface area contributed by atoms with Crippen LogP contribution >= 0.6 is 12.6 Å². The summed E-state index contributed by atoms with van der Waals surface area (Å²) in [4.78, 5) is 5.77. The van der Waals surface area contributed by atoms with Crippen molar-refractivity contribution in [3.8, 4) is 0 Å². The third-order valence-electron chi connectivity index (χ3n) is 3.87. The number of benzene rings is 2. The summed E-state index contributed by atoms with van der Waals surface area (Å²) in [6.07, 6.45) is 0. The van der Waals surface area contributed by atoms with Crippen molar-refractivity contribution >= 4 is 34.8 Å². The highest BCUT2D eigenvalue weighted by Gasteiger charge is 2.32. The lowest BCUT2D eigenvalue weighted by atomic mass is 9.81. The van der Waals surface area contributed by atoms with Gasteiger partial charge in [-0.05, 0) is 23.9 Å². The van der Waals surface area contributed by atoms with Crippen LogP contribution in [0, 0.1) is 0 Å². The van der Waals surface area contributed by atoms with Gasteiger partial charge in [0.1, 0.15) is 0 Å². The Morgan fingerprint density at radius 2 is 1.82 bits per heavy atom. The molecule has 0 fully saturated rings. The van der Waals surface area contributed by atoms with Gasteiger partial charge in [0.25, 0.3) is 0 Å². The normalized spacial score (nSPS) is 17.1. The van der Waals surface area contributed by atoms with Gasteiger partial charge < -0.3 is 0 Å². The average molecular weight is 241 g/mol. The highest BCUT2D eigenvalue weighted by atomic mass is 32.1. The van der Waals surface area contributed by atoms with Crippen LogP contribution < -0.4 is 0 Å². The number of hydrogen-bond donors (Lipinski definition) is 1. The molecule has 0 unspecified atom stereocenters. The lowest BCUT2D eigenvalue weighted by Gasteiger charge is -2.20. The van der Waals surface area contributed by atoms with Gasteiger partial charge in [0.2, 0.25) is 0 Å². The molecule has 1 aliphatic heterocycles. The maximum absolute atomic E-state index is 4.76. The van der Waals surface area contributed by atoms with E-state index < -0.39 is 0 Å². The SMILES string of the molecule is CC1=Nc2c(ccc3c(S)cccc23)C1(C)C. The van der Waals surface area contributed by atoms with Gasteiger partial charge in [0.05, 0.1) is 5.69 Å². The predicted octanol–water partition coefficient (Wildman–Crippen LogP) is 4.51. The molecule has 0 radical (unpaired) electrons. The first-order valence-corrected chi connectivity index (χ1v) is 6.27. The van der Waals surface area contributed by atoms with Crippen molar-refractivity contribution in [2.75, 3.05) is 0 Å². The summed E-state index contributed by atoms with van der Waals surface area (Å²) in [6, 6.07) is 10.5. The fraction of sp³-hybridized carbons (Fsp3) is 0.267. The smallest absolute Gasteiger partial charge is 0.0749 e. The Balaban J connectivity index is 2.44. The van der Waals surface area contributed by atoms with Gasteiger partial charge in [-0.15, -0.1) is 12.6 Å². The second-order valence-corrected chi connectivity index (χ2v) is 5.64. The van der Waals surface area contributed by atoms with E-state index in [2.05, 4.69) is 51.6 Å². The lowest BCUT2D eigenvalue weighted by Crippen LogP contribution is -2.22. The van der Waals surface area contributed by atoms with E-state index in [1.165, 1.54) is 22.0 Å². The average Bonchev–Trinajstić information content (AvgIpc) is 2.52. The Morgan fingerprint density at radius 1 is 1.06 bits per heavy atom. The van der Waals surface area contributed by atoms with Crippen LogP contribution in [0.1, 0.15) is 26.3 Å². The van der Waals surface area contributed by atoms with Crippen LogP contribution in [-0.2, 0) is 5.41 Å². The van der Waals surface area contributed by atoms with Crippen molar-refractivity contribution in [2.24, 2.45) is 4.99 Å². The van der Waals surface area contributed by atoms with Gasteiger partial charge in [0, 0.05) is 21.4 Å². The first-order chi connectivity index (χ1) is 8.01. The summed E-state index contributed by atoms with van der Waals surface area (Å²) < 4.78 is 0. The van der Waals surface area contributed by atoms with Gasteiger partial charge in [-0.2, -0.15) is 0 Å². The highest BCUT2D eigenvalue weighted by Crippen LogP contribution is 2.44. The molecular formula is C15H15NS. The molecule has 0 bridgehead atoms. The van der Waals surface area contributed by atoms with E-state index >= 15 is 0 Å². The second kappa shape index (κ2) is 3.36. The van der Waals surface area contributed by atoms with E-state index in [0.717, 1.165) is 10.6 Å². The third kappa shape index (κ3) is 1.37. The quantitative estimate of drug-likeness (QED) is 0.651. The molecule has 1 heterocycles. The van der Waals surface area contributed by atoms with Crippen molar-refractivity contribution in [2.45, 2.75) is 31.1 Å². The van der Waals surface area contributed by atoms with E-state index in [4.69, 9.17) is 4.99 Å². The summed E-state index contributed by atoms with van der Waals surface area (Å²) in [7, 11) is 0. The van der Waals surface area contributed by atoms with Gasteiger partial charge in [-0.25, -0.2) is 0 Å². The van der Waals surface area contributed by atoms with Crippen LogP contribution in [0.3, 0.4) is 0 Å². The van der Waals surface area contributed by atoms with Crippen LogP contribution in [-0.4, -0.2) is 5.71 Å². The first kappa shape index (κ1) is 10.8. The molecule has 0 N–H and O–H groups in total. The Kier molecular flexibility index (Phi) is 2.14. The van der Waals surface area contributed by atoms with Gasteiger partial charge in [-0.1, -0.05) is 38.1 Å². The Labute approximate surface area is 107 Å². The third-order valence-corrected chi connectivity index (χ3v) is 4.26. The standard InChI is InChI=1S/C15H15NS/c1-9-15(2,3)12-8-7-10-11(14(12)16-9)5-4-6-13(10)17/h4-8,17H,1-3H3. The number of nitrogens with zero attached hydrogens (tertiary/aromatic N) is 1. The van der Waals surface area contributed by atoms with Crippen molar-refractivity contribution in [3.63, 3.8) is 0 Å². The zero-order valence-corrected chi connectivity index (χ0v) is 11.2.